The molecule has 14 heavy (non-hydrogen) atoms. The first kappa shape index (κ1) is 10.7. The first-order valence-electron chi connectivity index (χ1n) is 4.08. The lowest BCUT2D eigenvalue weighted by Gasteiger charge is -2.11. The molecular weight excluding hydrogens is 202 g/mol. The fraction of sp³-hybridized carbons (Fsp3) is 0.333. The molecule has 0 aliphatic rings. The van der Waals surface area contributed by atoms with E-state index < -0.39 is 12.0 Å². The Labute approximate surface area is 85.9 Å². The van der Waals surface area contributed by atoms with Gasteiger partial charge in [0.05, 0.1) is 7.11 Å². The molecule has 1 rings (SSSR count). The van der Waals surface area contributed by atoms with Crippen LogP contribution in [0.3, 0.4) is 0 Å². The van der Waals surface area contributed by atoms with Gasteiger partial charge in [-0.1, -0.05) is 6.07 Å². The maximum atomic E-state index is 11.2. The number of amides is 1. The molecule has 1 amide bonds. The fourth-order valence-electron chi connectivity index (χ4n) is 1.06. The first-order valence-corrected chi connectivity index (χ1v) is 4.95. The van der Waals surface area contributed by atoms with E-state index in [1.807, 2.05) is 17.5 Å². The molecule has 0 radical (unpaired) electrons. The molecule has 1 atom stereocenters. The molecule has 1 aromatic rings. The lowest BCUT2D eigenvalue weighted by molar-refractivity contribution is -0.144. The minimum Gasteiger partial charge on any atom is -0.467 e. The van der Waals surface area contributed by atoms with Crippen LogP contribution >= 0.6 is 11.3 Å². The molecule has 0 fully saturated rings. The zero-order valence-corrected chi connectivity index (χ0v) is 8.54. The van der Waals surface area contributed by atoms with Crippen molar-refractivity contribution in [1.82, 2.24) is 5.32 Å². The van der Waals surface area contributed by atoms with Crippen molar-refractivity contribution in [1.29, 1.82) is 0 Å². The van der Waals surface area contributed by atoms with Gasteiger partial charge in [0.15, 0.2) is 0 Å². The summed E-state index contributed by atoms with van der Waals surface area (Å²) in [6.07, 6.45) is 0.984. The predicted octanol–water partition coefficient (Wildman–Crippen LogP) is 0.578. The highest BCUT2D eigenvalue weighted by atomic mass is 32.1. The second kappa shape index (κ2) is 5.39. The van der Waals surface area contributed by atoms with E-state index in [9.17, 15) is 9.59 Å². The molecule has 1 aromatic heterocycles. The van der Waals surface area contributed by atoms with Crippen molar-refractivity contribution in [3.63, 3.8) is 0 Å². The van der Waals surface area contributed by atoms with E-state index in [1.165, 1.54) is 7.11 Å². The zero-order chi connectivity index (χ0) is 10.4. The van der Waals surface area contributed by atoms with Crippen LogP contribution < -0.4 is 5.32 Å². The van der Waals surface area contributed by atoms with Gasteiger partial charge in [-0.3, -0.25) is 4.79 Å². The SMILES string of the molecule is COC(=O)C(Cc1cccs1)NC=O. The first-order chi connectivity index (χ1) is 6.77. The van der Waals surface area contributed by atoms with Crippen LogP contribution in [0.1, 0.15) is 4.88 Å². The topological polar surface area (TPSA) is 55.4 Å². The second-order valence-electron chi connectivity index (χ2n) is 2.64. The number of ether oxygens (including phenoxy) is 1. The molecule has 1 N–H and O–H groups in total. The van der Waals surface area contributed by atoms with Crippen molar-refractivity contribution in [2.45, 2.75) is 12.5 Å². The number of carbonyl (C=O) groups is 2. The molecule has 0 saturated heterocycles. The summed E-state index contributed by atoms with van der Waals surface area (Å²) in [5.74, 6) is -0.425. The Morgan fingerprint density at radius 2 is 2.57 bits per heavy atom. The van der Waals surface area contributed by atoms with Crippen LogP contribution in [0.4, 0.5) is 0 Å². The standard InChI is InChI=1S/C9H11NO3S/c1-13-9(12)8(10-6-11)5-7-3-2-4-14-7/h2-4,6,8H,5H2,1H3,(H,10,11). The monoisotopic (exact) mass is 213 g/mol. The fourth-order valence-corrected chi connectivity index (χ4v) is 1.82. The molecule has 0 aromatic carbocycles. The largest absolute Gasteiger partial charge is 0.467 e. The molecule has 1 heterocycles. The minimum atomic E-state index is -0.587. The maximum Gasteiger partial charge on any atom is 0.328 e. The summed E-state index contributed by atoms with van der Waals surface area (Å²) in [4.78, 5) is 22.5. The third-order valence-electron chi connectivity index (χ3n) is 1.74. The number of esters is 1. The molecule has 1 unspecified atom stereocenters. The average Bonchev–Trinajstić information content (AvgIpc) is 2.68. The van der Waals surface area contributed by atoms with Crippen molar-refractivity contribution >= 4 is 23.7 Å². The highest BCUT2D eigenvalue weighted by Crippen LogP contribution is 2.11. The highest BCUT2D eigenvalue weighted by molar-refractivity contribution is 7.09. The van der Waals surface area contributed by atoms with E-state index in [1.54, 1.807) is 11.3 Å². The Morgan fingerprint density at radius 1 is 1.79 bits per heavy atom. The predicted molar refractivity (Wildman–Crippen MR) is 53.0 cm³/mol. The summed E-state index contributed by atoms with van der Waals surface area (Å²) in [6, 6.07) is 3.22. The van der Waals surface area contributed by atoms with Gasteiger partial charge in [-0.15, -0.1) is 11.3 Å². The lowest BCUT2D eigenvalue weighted by Crippen LogP contribution is -2.38. The molecule has 4 nitrogen and oxygen atoms in total. The number of carbonyl (C=O) groups excluding carboxylic acids is 2. The van der Waals surface area contributed by atoms with Gasteiger partial charge >= 0.3 is 5.97 Å². The Hall–Kier alpha value is -1.36. The number of rotatable bonds is 5. The highest BCUT2D eigenvalue weighted by Gasteiger charge is 2.18. The van der Waals surface area contributed by atoms with Gasteiger partial charge in [0, 0.05) is 11.3 Å². The summed E-state index contributed by atoms with van der Waals surface area (Å²) >= 11 is 1.54. The Bertz CT molecular complexity index is 297. The van der Waals surface area contributed by atoms with Crippen molar-refractivity contribution in [3.05, 3.63) is 22.4 Å². The normalized spacial score (nSPS) is 11.8. The molecule has 0 bridgehead atoms. The summed E-state index contributed by atoms with van der Waals surface area (Å²) in [6.45, 7) is 0. The van der Waals surface area contributed by atoms with Gasteiger partial charge in [-0.05, 0) is 11.4 Å². The van der Waals surface area contributed by atoms with Crippen LogP contribution in [0, 0.1) is 0 Å². The van der Waals surface area contributed by atoms with E-state index in [2.05, 4.69) is 10.1 Å². The van der Waals surface area contributed by atoms with E-state index in [0.717, 1.165) is 4.88 Å². The van der Waals surface area contributed by atoms with E-state index in [0.29, 0.717) is 12.8 Å². The number of methoxy groups -OCH3 is 1. The molecule has 0 aliphatic heterocycles. The van der Waals surface area contributed by atoms with E-state index in [4.69, 9.17) is 0 Å². The van der Waals surface area contributed by atoms with Crippen molar-refractivity contribution in [2.75, 3.05) is 7.11 Å². The number of hydrogen-bond donors (Lipinski definition) is 1. The van der Waals surface area contributed by atoms with Crippen molar-refractivity contribution in [2.24, 2.45) is 0 Å². The molecule has 0 spiro atoms. The van der Waals surface area contributed by atoms with Crippen LogP contribution in [-0.4, -0.2) is 25.5 Å². The molecule has 0 saturated carbocycles. The van der Waals surface area contributed by atoms with Crippen molar-refractivity contribution < 1.29 is 14.3 Å². The smallest absolute Gasteiger partial charge is 0.328 e. The Kier molecular flexibility index (Phi) is 4.12. The number of nitrogens with one attached hydrogen (secondary N) is 1. The van der Waals surface area contributed by atoms with Crippen LogP contribution in [0.5, 0.6) is 0 Å². The van der Waals surface area contributed by atoms with E-state index >= 15 is 0 Å². The summed E-state index contributed by atoms with van der Waals surface area (Å²) in [5.41, 5.74) is 0. The van der Waals surface area contributed by atoms with E-state index in [-0.39, 0.29) is 0 Å². The third kappa shape index (κ3) is 2.85. The lowest BCUT2D eigenvalue weighted by atomic mass is 10.2. The van der Waals surface area contributed by atoms with Crippen molar-refractivity contribution in [3.8, 4) is 0 Å². The van der Waals surface area contributed by atoms with Crippen LogP contribution in [-0.2, 0) is 20.7 Å². The number of thiophene rings is 1. The molecular formula is C9H11NO3S. The minimum absolute atomic E-state index is 0.425. The molecule has 5 heteroatoms. The van der Waals surface area contributed by atoms with Crippen LogP contribution in [0.15, 0.2) is 17.5 Å². The maximum absolute atomic E-state index is 11.2. The zero-order valence-electron chi connectivity index (χ0n) is 7.73. The van der Waals surface area contributed by atoms with Gasteiger partial charge in [0.1, 0.15) is 6.04 Å². The van der Waals surface area contributed by atoms with Gasteiger partial charge in [-0.2, -0.15) is 0 Å². The van der Waals surface area contributed by atoms with Gasteiger partial charge < -0.3 is 10.1 Å². The number of hydrogen-bond acceptors (Lipinski definition) is 4. The van der Waals surface area contributed by atoms with Gasteiger partial charge in [-0.25, -0.2) is 4.79 Å². The van der Waals surface area contributed by atoms with Crippen LogP contribution in [0.2, 0.25) is 0 Å². The summed E-state index contributed by atoms with van der Waals surface area (Å²) in [5, 5.41) is 4.34. The quantitative estimate of drug-likeness (QED) is 0.575. The van der Waals surface area contributed by atoms with Gasteiger partial charge in [0.2, 0.25) is 6.41 Å². The molecule has 76 valence electrons. The average molecular weight is 213 g/mol. The second-order valence-corrected chi connectivity index (χ2v) is 3.68. The molecule has 0 aliphatic carbocycles. The summed E-state index contributed by atoms with van der Waals surface area (Å²) < 4.78 is 4.56. The Balaban J connectivity index is 2.59. The van der Waals surface area contributed by atoms with Gasteiger partial charge in [0.25, 0.3) is 0 Å². The van der Waals surface area contributed by atoms with Crippen LogP contribution in [0.25, 0.3) is 0 Å². The summed E-state index contributed by atoms with van der Waals surface area (Å²) in [7, 11) is 1.30. The third-order valence-corrected chi connectivity index (χ3v) is 2.64. The Morgan fingerprint density at radius 3 is 3.07 bits per heavy atom.